The highest BCUT2D eigenvalue weighted by atomic mass is 19.1. The van der Waals surface area contributed by atoms with E-state index in [4.69, 9.17) is 4.74 Å². The van der Waals surface area contributed by atoms with E-state index >= 15 is 0 Å². The number of hydrogen-bond acceptors (Lipinski definition) is 4. The topological polar surface area (TPSA) is 49.9 Å². The molecule has 0 radical (unpaired) electrons. The fourth-order valence-corrected chi connectivity index (χ4v) is 3.21. The number of nitrogens with zero attached hydrogens (tertiary/aromatic N) is 2. The molecule has 26 heavy (non-hydrogen) atoms. The number of halogens is 1. The van der Waals surface area contributed by atoms with Gasteiger partial charge in [-0.2, -0.15) is 0 Å². The van der Waals surface area contributed by atoms with E-state index in [-0.39, 0.29) is 17.3 Å². The van der Waals surface area contributed by atoms with Crippen LogP contribution in [0.1, 0.15) is 27.6 Å². The molecule has 1 amide bonds. The first-order chi connectivity index (χ1) is 12.5. The SMILES string of the molecule is COc1cccc(C(=O)N2CCN(c3cccc(F)c3C(C)=O)CC2)c1. The molecule has 2 aromatic rings. The molecule has 1 fully saturated rings. The van der Waals surface area contributed by atoms with E-state index in [1.165, 1.54) is 13.0 Å². The van der Waals surface area contributed by atoms with Crippen LogP contribution in [0.15, 0.2) is 42.5 Å². The molecule has 0 atom stereocenters. The number of anilines is 1. The first-order valence-electron chi connectivity index (χ1n) is 8.49. The summed E-state index contributed by atoms with van der Waals surface area (Å²) in [4.78, 5) is 28.2. The van der Waals surface area contributed by atoms with Crippen LogP contribution in [0.3, 0.4) is 0 Å². The number of rotatable bonds is 4. The Labute approximate surface area is 152 Å². The van der Waals surface area contributed by atoms with Gasteiger partial charge < -0.3 is 14.5 Å². The smallest absolute Gasteiger partial charge is 0.254 e. The van der Waals surface area contributed by atoms with Crippen LogP contribution in [0.2, 0.25) is 0 Å². The summed E-state index contributed by atoms with van der Waals surface area (Å²) in [6.07, 6.45) is 0. The zero-order valence-electron chi connectivity index (χ0n) is 14.9. The fraction of sp³-hybridized carbons (Fsp3) is 0.300. The average Bonchev–Trinajstić information content (AvgIpc) is 2.67. The lowest BCUT2D eigenvalue weighted by molar-refractivity contribution is 0.0745. The van der Waals surface area contributed by atoms with Crippen LogP contribution in [-0.4, -0.2) is 49.9 Å². The highest BCUT2D eigenvalue weighted by molar-refractivity contribution is 6.00. The summed E-state index contributed by atoms with van der Waals surface area (Å²) in [5.74, 6) is -0.229. The van der Waals surface area contributed by atoms with Crippen molar-refractivity contribution in [3.05, 3.63) is 59.4 Å². The van der Waals surface area contributed by atoms with Crippen LogP contribution in [0.4, 0.5) is 10.1 Å². The zero-order valence-corrected chi connectivity index (χ0v) is 14.9. The van der Waals surface area contributed by atoms with Crippen LogP contribution >= 0.6 is 0 Å². The maximum absolute atomic E-state index is 14.0. The molecule has 3 rings (SSSR count). The van der Waals surface area contributed by atoms with Crippen molar-refractivity contribution in [2.24, 2.45) is 0 Å². The van der Waals surface area contributed by atoms with E-state index < -0.39 is 5.82 Å². The van der Waals surface area contributed by atoms with Gasteiger partial charge in [0.05, 0.1) is 18.4 Å². The van der Waals surface area contributed by atoms with Gasteiger partial charge in [0.25, 0.3) is 5.91 Å². The number of benzene rings is 2. The van der Waals surface area contributed by atoms with Crippen molar-refractivity contribution in [3.63, 3.8) is 0 Å². The van der Waals surface area contributed by atoms with Gasteiger partial charge in [-0.3, -0.25) is 9.59 Å². The Morgan fingerprint density at radius 1 is 1.04 bits per heavy atom. The number of ketones is 1. The molecule has 2 aromatic carbocycles. The van der Waals surface area contributed by atoms with Crippen LogP contribution < -0.4 is 9.64 Å². The van der Waals surface area contributed by atoms with Crippen molar-refractivity contribution in [2.75, 3.05) is 38.2 Å². The third-order valence-corrected chi connectivity index (χ3v) is 4.57. The molecular formula is C20H21FN2O3. The second kappa shape index (κ2) is 7.56. The standard InChI is InChI=1S/C20H21FN2O3/c1-14(24)19-17(21)7-4-8-18(19)22-9-11-23(12-10-22)20(25)15-5-3-6-16(13-15)26-2/h3-8,13H,9-12H2,1-2H3. The molecule has 136 valence electrons. The van der Waals surface area contributed by atoms with Crippen molar-refractivity contribution >= 4 is 17.4 Å². The van der Waals surface area contributed by atoms with Gasteiger partial charge in [-0.15, -0.1) is 0 Å². The van der Waals surface area contributed by atoms with Crippen LogP contribution in [0, 0.1) is 5.82 Å². The largest absolute Gasteiger partial charge is 0.497 e. The van der Waals surface area contributed by atoms with Crippen molar-refractivity contribution in [2.45, 2.75) is 6.92 Å². The van der Waals surface area contributed by atoms with Gasteiger partial charge in [0.1, 0.15) is 11.6 Å². The highest BCUT2D eigenvalue weighted by Crippen LogP contribution is 2.25. The monoisotopic (exact) mass is 356 g/mol. The summed E-state index contributed by atoms with van der Waals surface area (Å²) in [6.45, 7) is 3.46. The molecule has 0 saturated carbocycles. The van der Waals surface area contributed by atoms with E-state index in [0.29, 0.717) is 43.2 Å². The molecule has 0 bridgehead atoms. The third-order valence-electron chi connectivity index (χ3n) is 4.57. The van der Waals surface area contributed by atoms with Crippen molar-refractivity contribution in [3.8, 4) is 5.75 Å². The normalized spacial score (nSPS) is 14.3. The second-order valence-electron chi connectivity index (χ2n) is 6.20. The van der Waals surface area contributed by atoms with Crippen LogP contribution in [0.5, 0.6) is 5.75 Å². The van der Waals surface area contributed by atoms with Crippen molar-refractivity contribution < 1.29 is 18.7 Å². The molecule has 0 N–H and O–H groups in total. The summed E-state index contributed by atoms with van der Waals surface area (Å²) >= 11 is 0. The number of carbonyl (C=O) groups excluding carboxylic acids is 2. The molecule has 1 aliphatic heterocycles. The molecule has 0 unspecified atom stereocenters. The van der Waals surface area contributed by atoms with Gasteiger partial charge in [-0.1, -0.05) is 12.1 Å². The number of hydrogen-bond donors (Lipinski definition) is 0. The maximum atomic E-state index is 14.0. The second-order valence-corrected chi connectivity index (χ2v) is 6.20. The number of carbonyl (C=O) groups is 2. The van der Waals surface area contributed by atoms with Gasteiger partial charge in [0.15, 0.2) is 5.78 Å². The molecule has 1 saturated heterocycles. The predicted octanol–water partition coefficient (Wildman–Crippen LogP) is 3.00. The maximum Gasteiger partial charge on any atom is 0.254 e. The third kappa shape index (κ3) is 3.54. The first-order valence-corrected chi connectivity index (χ1v) is 8.49. The fourth-order valence-electron chi connectivity index (χ4n) is 3.21. The van der Waals surface area contributed by atoms with E-state index in [2.05, 4.69) is 0 Å². The van der Waals surface area contributed by atoms with Crippen molar-refractivity contribution in [1.82, 2.24) is 4.90 Å². The van der Waals surface area contributed by atoms with E-state index in [1.54, 1.807) is 48.4 Å². The molecule has 0 aromatic heterocycles. The van der Waals surface area contributed by atoms with Crippen LogP contribution in [-0.2, 0) is 0 Å². The quantitative estimate of drug-likeness (QED) is 0.791. The Morgan fingerprint density at radius 3 is 2.38 bits per heavy atom. The molecule has 1 heterocycles. The number of methoxy groups -OCH3 is 1. The Balaban J connectivity index is 1.73. The summed E-state index contributed by atoms with van der Waals surface area (Å²) < 4.78 is 19.2. The van der Waals surface area contributed by atoms with Gasteiger partial charge >= 0.3 is 0 Å². The summed E-state index contributed by atoms with van der Waals surface area (Å²) in [5, 5.41) is 0. The highest BCUT2D eigenvalue weighted by Gasteiger charge is 2.25. The summed E-state index contributed by atoms with van der Waals surface area (Å²) in [5.41, 5.74) is 1.28. The van der Waals surface area contributed by atoms with Gasteiger partial charge in [0.2, 0.25) is 0 Å². The lowest BCUT2D eigenvalue weighted by Gasteiger charge is -2.37. The Kier molecular flexibility index (Phi) is 5.21. The minimum Gasteiger partial charge on any atom is -0.497 e. The Hall–Kier alpha value is -2.89. The van der Waals surface area contributed by atoms with Gasteiger partial charge in [0, 0.05) is 31.7 Å². The zero-order chi connectivity index (χ0) is 18.7. The van der Waals surface area contributed by atoms with E-state index in [1.807, 2.05) is 4.90 Å². The van der Waals surface area contributed by atoms with Crippen molar-refractivity contribution in [1.29, 1.82) is 0 Å². The molecule has 5 nitrogen and oxygen atoms in total. The molecule has 0 spiro atoms. The minimum absolute atomic E-state index is 0.0606. The van der Waals surface area contributed by atoms with Gasteiger partial charge in [-0.05, 0) is 37.3 Å². The van der Waals surface area contributed by atoms with E-state index in [0.717, 1.165) is 0 Å². The number of amides is 1. The molecule has 1 aliphatic rings. The Morgan fingerprint density at radius 2 is 1.73 bits per heavy atom. The Bertz CT molecular complexity index is 830. The van der Waals surface area contributed by atoms with Gasteiger partial charge in [-0.25, -0.2) is 4.39 Å². The first kappa shape index (κ1) is 17.9. The molecule has 0 aliphatic carbocycles. The molecular weight excluding hydrogens is 335 g/mol. The lowest BCUT2D eigenvalue weighted by Crippen LogP contribution is -2.49. The van der Waals surface area contributed by atoms with E-state index in [9.17, 15) is 14.0 Å². The number of Topliss-reactive ketones (excluding diaryl/α,β-unsaturated/α-hetero) is 1. The number of piperazine rings is 1. The lowest BCUT2D eigenvalue weighted by atomic mass is 10.1. The summed E-state index contributed by atoms with van der Waals surface area (Å²) in [6, 6.07) is 11.7. The molecule has 6 heteroatoms. The average molecular weight is 356 g/mol. The van der Waals surface area contributed by atoms with Crippen LogP contribution in [0.25, 0.3) is 0 Å². The minimum atomic E-state index is -0.509. The number of ether oxygens (including phenoxy) is 1. The summed E-state index contributed by atoms with van der Waals surface area (Å²) in [7, 11) is 1.56. The predicted molar refractivity (Wildman–Crippen MR) is 97.5 cm³/mol.